The fourth-order valence-electron chi connectivity index (χ4n) is 2.98. The predicted molar refractivity (Wildman–Crippen MR) is 74.5 cm³/mol. The second-order valence-electron chi connectivity index (χ2n) is 5.59. The van der Waals surface area contributed by atoms with Crippen molar-refractivity contribution in [1.82, 2.24) is 20.1 Å². The highest BCUT2D eigenvalue weighted by atomic mass is 16.5. The number of pyridine rings is 1. The molecule has 2 aliphatic rings. The Kier molecular flexibility index (Phi) is 2.78. The van der Waals surface area contributed by atoms with Gasteiger partial charge < -0.3 is 9.64 Å². The number of nitrogens with one attached hydrogen (secondary N) is 1. The number of aromatic amines is 1. The molecule has 6 heteroatoms. The van der Waals surface area contributed by atoms with Crippen molar-refractivity contribution >= 4 is 5.91 Å². The maximum Gasteiger partial charge on any atom is 0.275 e. The van der Waals surface area contributed by atoms with Gasteiger partial charge in [0.25, 0.3) is 5.91 Å². The van der Waals surface area contributed by atoms with Crippen molar-refractivity contribution in [2.24, 2.45) is 0 Å². The van der Waals surface area contributed by atoms with E-state index in [-0.39, 0.29) is 5.91 Å². The molecular formula is C15H16N4O2. The van der Waals surface area contributed by atoms with Crippen molar-refractivity contribution in [2.75, 3.05) is 6.61 Å². The first-order chi connectivity index (χ1) is 10.2. The molecule has 1 N–H and O–H groups in total. The Labute approximate surface area is 122 Å². The lowest BCUT2D eigenvalue weighted by atomic mass is 10.1. The molecule has 2 aliphatic heterocycles. The topological polar surface area (TPSA) is 71.1 Å². The summed E-state index contributed by atoms with van der Waals surface area (Å²) in [6, 6.07) is 2.05. The van der Waals surface area contributed by atoms with Crippen LogP contribution in [0.25, 0.3) is 0 Å². The number of H-pyrrole nitrogens is 1. The van der Waals surface area contributed by atoms with Crippen LogP contribution < -0.4 is 0 Å². The molecule has 4 heterocycles. The molecule has 0 saturated carbocycles. The van der Waals surface area contributed by atoms with Crippen molar-refractivity contribution in [1.29, 1.82) is 0 Å². The molecule has 0 saturated heterocycles. The molecule has 0 fully saturated rings. The number of fused-ring (bicyclic) bond motifs is 2. The fraction of sp³-hybridized carbons (Fsp3) is 0.400. The van der Waals surface area contributed by atoms with Crippen LogP contribution in [0.2, 0.25) is 0 Å². The second-order valence-corrected chi connectivity index (χ2v) is 5.59. The Hall–Kier alpha value is -2.21. The van der Waals surface area contributed by atoms with Crippen LogP contribution in [0.4, 0.5) is 0 Å². The first-order valence-electron chi connectivity index (χ1n) is 7.10. The highest BCUT2D eigenvalue weighted by Crippen LogP contribution is 2.26. The largest absolute Gasteiger partial charge is 0.376 e. The van der Waals surface area contributed by atoms with Gasteiger partial charge in [-0.1, -0.05) is 0 Å². The van der Waals surface area contributed by atoms with Crippen LogP contribution in [0.5, 0.6) is 0 Å². The average Bonchev–Trinajstić information content (AvgIpc) is 3.09. The van der Waals surface area contributed by atoms with Gasteiger partial charge >= 0.3 is 0 Å². The van der Waals surface area contributed by atoms with E-state index in [4.69, 9.17) is 4.74 Å². The van der Waals surface area contributed by atoms with Crippen LogP contribution in [0.15, 0.2) is 12.3 Å². The average molecular weight is 284 g/mol. The van der Waals surface area contributed by atoms with Crippen molar-refractivity contribution in [3.8, 4) is 0 Å². The first kappa shape index (κ1) is 12.5. The molecule has 6 nitrogen and oxygen atoms in total. The molecule has 108 valence electrons. The van der Waals surface area contributed by atoms with Crippen molar-refractivity contribution in [2.45, 2.75) is 33.0 Å². The lowest BCUT2D eigenvalue weighted by Gasteiger charge is -2.16. The van der Waals surface area contributed by atoms with E-state index in [1.54, 1.807) is 0 Å². The van der Waals surface area contributed by atoms with E-state index >= 15 is 0 Å². The van der Waals surface area contributed by atoms with Crippen molar-refractivity contribution in [3.05, 3.63) is 46.0 Å². The highest BCUT2D eigenvalue weighted by Gasteiger charge is 2.29. The van der Waals surface area contributed by atoms with E-state index in [0.717, 1.165) is 28.9 Å². The third-order valence-corrected chi connectivity index (χ3v) is 4.13. The van der Waals surface area contributed by atoms with Crippen LogP contribution in [0, 0.1) is 6.92 Å². The van der Waals surface area contributed by atoms with E-state index in [0.29, 0.717) is 32.0 Å². The zero-order valence-electron chi connectivity index (χ0n) is 11.8. The van der Waals surface area contributed by atoms with Crippen LogP contribution in [-0.2, 0) is 30.9 Å². The minimum atomic E-state index is -0.0353. The summed E-state index contributed by atoms with van der Waals surface area (Å²) in [5.41, 5.74) is 5.72. The third kappa shape index (κ3) is 2.03. The van der Waals surface area contributed by atoms with Crippen LogP contribution >= 0.6 is 0 Å². The molecule has 0 aliphatic carbocycles. The quantitative estimate of drug-likeness (QED) is 0.858. The third-order valence-electron chi connectivity index (χ3n) is 4.13. The molecule has 0 radical (unpaired) electrons. The Balaban J connectivity index is 1.61. The number of amides is 1. The van der Waals surface area contributed by atoms with Gasteiger partial charge in [0.2, 0.25) is 0 Å². The predicted octanol–water partition coefficient (Wildman–Crippen LogP) is 1.34. The summed E-state index contributed by atoms with van der Waals surface area (Å²) >= 11 is 0. The number of hydrogen-bond donors (Lipinski definition) is 1. The monoisotopic (exact) mass is 284 g/mol. The fourth-order valence-corrected chi connectivity index (χ4v) is 2.98. The summed E-state index contributed by atoms with van der Waals surface area (Å²) in [7, 11) is 0. The number of aryl methyl sites for hydroxylation is 1. The van der Waals surface area contributed by atoms with Gasteiger partial charge in [0.1, 0.15) is 0 Å². The van der Waals surface area contributed by atoms with Crippen LogP contribution in [-0.4, -0.2) is 32.6 Å². The molecule has 2 aromatic heterocycles. The second kappa shape index (κ2) is 4.66. The van der Waals surface area contributed by atoms with E-state index < -0.39 is 0 Å². The zero-order chi connectivity index (χ0) is 14.4. The molecule has 0 unspecified atom stereocenters. The Morgan fingerprint density at radius 3 is 3.14 bits per heavy atom. The SMILES string of the molecule is Cc1cc2c(cn1)CN(C(=O)c1n[nH]c3c1COCC3)C2. The number of nitrogens with zero attached hydrogens (tertiary/aromatic N) is 3. The minimum Gasteiger partial charge on any atom is -0.376 e. The van der Waals surface area contributed by atoms with E-state index in [1.165, 1.54) is 5.56 Å². The van der Waals surface area contributed by atoms with Gasteiger partial charge in [-0.25, -0.2) is 0 Å². The van der Waals surface area contributed by atoms with Crippen LogP contribution in [0.3, 0.4) is 0 Å². The summed E-state index contributed by atoms with van der Waals surface area (Å²) in [5.74, 6) is -0.0353. The highest BCUT2D eigenvalue weighted by molar-refractivity contribution is 5.94. The lowest BCUT2D eigenvalue weighted by molar-refractivity contribution is 0.0732. The number of aromatic nitrogens is 3. The Bertz CT molecular complexity index is 722. The molecule has 1 amide bonds. The summed E-state index contributed by atoms with van der Waals surface area (Å²) < 4.78 is 5.44. The lowest BCUT2D eigenvalue weighted by Crippen LogP contribution is -2.27. The van der Waals surface area contributed by atoms with E-state index in [9.17, 15) is 4.79 Å². The maximum atomic E-state index is 12.7. The van der Waals surface area contributed by atoms with Crippen molar-refractivity contribution in [3.63, 3.8) is 0 Å². The molecule has 0 aromatic carbocycles. The molecule has 21 heavy (non-hydrogen) atoms. The number of carbonyl (C=O) groups excluding carboxylic acids is 1. The molecule has 0 spiro atoms. The molecule has 4 rings (SSSR count). The van der Waals surface area contributed by atoms with Gasteiger partial charge in [-0.15, -0.1) is 0 Å². The number of ether oxygens (including phenoxy) is 1. The molecule has 2 aromatic rings. The van der Waals surface area contributed by atoms with Gasteiger partial charge in [0.15, 0.2) is 5.69 Å². The number of hydrogen-bond acceptors (Lipinski definition) is 4. The maximum absolute atomic E-state index is 12.7. The van der Waals surface area contributed by atoms with Gasteiger partial charge in [0, 0.05) is 42.7 Å². The smallest absolute Gasteiger partial charge is 0.275 e. The van der Waals surface area contributed by atoms with Gasteiger partial charge in [-0.2, -0.15) is 5.10 Å². The van der Waals surface area contributed by atoms with Gasteiger partial charge in [-0.3, -0.25) is 14.9 Å². The molecule has 0 bridgehead atoms. The summed E-state index contributed by atoms with van der Waals surface area (Å²) in [5, 5.41) is 7.18. The Morgan fingerprint density at radius 1 is 1.38 bits per heavy atom. The standard InChI is InChI=1S/C15H16N4O2/c1-9-4-10-6-19(7-11(10)5-16-9)15(20)14-12-8-21-3-2-13(12)17-18-14/h4-5H,2-3,6-8H2,1H3,(H,17,18). The summed E-state index contributed by atoms with van der Waals surface area (Å²) in [4.78, 5) is 18.8. The number of rotatable bonds is 1. The zero-order valence-corrected chi connectivity index (χ0v) is 11.8. The summed E-state index contributed by atoms with van der Waals surface area (Å²) in [6.45, 7) is 4.34. The minimum absolute atomic E-state index is 0.0353. The molecule has 0 atom stereocenters. The summed E-state index contributed by atoms with van der Waals surface area (Å²) in [6.07, 6.45) is 2.65. The van der Waals surface area contributed by atoms with E-state index in [1.807, 2.05) is 24.1 Å². The number of carbonyl (C=O) groups is 1. The van der Waals surface area contributed by atoms with Crippen LogP contribution in [0.1, 0.15) is 38.6 Å². The Morgan fingerprint density at radius 2 is 2.24 bits per heavy atom. The van der Waals surface area contributed by atoms with Gasteiger partial charge in [0.05, 0.1) is 13.2 Å². The van der Waals surface area contributed by atoms with Gasteiger partial charge in [-0.05, 0) is 24.1 Å². The molecular weight excluding hydrogens is 268 g/mol. The van der Waals surface area contributed by atoms with E-state index in [2.05, 4.69) is 15.2 Å². The van der Waals surface area contributed by atoms with Crippen molar-refractivity contribution < 1.29 is 9.53 Å². The first-order valence-corrected chi connectivity index (χ1v) is 7.10. The normalized spacial score (nSPS) is 16.7.